The van der Waals surface area contributed by atoms with Crippen molar-refractivity contribution in [3.63, 3.8) is 0 Å². The maximum Gasteiger partial charge on any atom is 0.220 e. The Balaban J connectivity index is 2.67. The normalized spacial score (nSPS) is 33.1. The summed E-state index contributed by atoms with van der Waals surface area (Å²) >= 11 is 0. The zero-order chi connectivity index (χ0) is 13.9. The number of nitrogens with two attached hydrogens (primary N) is 1. The van der Waals surface area contributed by atoms with Gasteiger partial charge in [-0.2, -0.15) is 0 Å². The molecule has 6 heteroatoms. The molecule has 5 N–H and O–H groups in total. The van der Waals surface area contributed by atoms with Crippen molar-refractivity contribution in [2.24, 2.45) is 11.7 Å². The minimum atomic E-state index is -2.22. The highest BCUT2D eigenvalue weighted by Crippen LogP contribution is 2.32. The van der Waals surface area contributed by atoms with Gasteiger partial charge in [0.1, 0.15) is 12.2 Å². The highest BCUT2D eigenvalue weighted by Gasteiger charge is 2.48. The van der Waals surface area contributed by atoms with E-state index in [1.165, 1.54) is 0 Å². The minimum Gasteiger partial charge on any atom is -0.387 e. The molecule has 0 bridgehead atoms. The Kier molecular flexibility index (Phi) is 5.10. The van der Waals surface area contributed by atoms with Gasteiger partial charge in [0.25, 0.3) is 0 Å². The van der Waals surface area contributed by atoms with Crippen molar-refractivity contribution in [1.82, 2.24) is 0 Å². The Morgan fingerprint density at radius 3 is 2.67 bits per heavy atom. The molecule has 6 nitrogen and oxygen atoms in total. The second-order valence-corrected chi connectivity index (χ2v) is 5.11. The Morgan fingerprint density at radius 1 is 1.56 bits per heavy atom. The topological polar surface area (TPSA) is 113 Å². The van der Waals surface area contributed by atoms with Crippen molar-refractivity contribution in [2.75, 3.05) is 0 Å². The van der Waals surface area contributed by atoms with Crippen molar-refractivity contribution in [3.05, 3.63) is 0 Å². The second-order valence-electron chi connectivity index (χ2n) is 5.11. The SMILES string of the molecule is CCCC1OC(CC(C)C(N)=O)CC(O)C1(O)O. The quantitative estimate of drug-likeness (QED) is 0.498. The zero-order valence-electron chi connectivity index (χ0n) is 10.9. The summed E-state index contributed by atoms with van der Waals surface area (Å²) < 4.78 is 5.57. The largest absolute Gasteiger partial charge is 0.387 e. The van der Waals surface area contributed by atoms with Gasteiger partial charge in [0, 0.05) is 12.3 Å². The molecule has 1 aliphatic rings. The molecule has 1 rings (SSSR count). The van der Waals surface area contributed by atoms with Crippen LogP contribution in [0.2, 0.25) is 0 Å². The summed E-state index contributed by atoms with van der Waals surface area (Å²) in [6, 6.07) is 0. The van der Waals surface area contributed by atoms with Crippen LogP contribution in [0.5, 0.6) is 0 Å². The molecule has 0 spiro atoms. The predicted molar refractivity (Wildman–Crippen MR) is 64.3 cm³/mol. The summed E-state index contributed by atoms with van der Waals surface area (Å²) in [6.07, 6.45) is -0.882. The fourth-order valence-corrected chi connectivity index (χ4v) is 2.23. The summed E-state index contributed by atoms with van der Waals surface area (Å²) in [7, 11) is 0. The molecule has 4 atom stereocenters. The van der Waals surface area contributed by atoms with Crippen molar-refractivity contribution < 1.29 is 24.9 Å². The molecule has 1 heterocycles. The molecule has 0 aromatic carbocycles. The van der Waals surface area contributed by atoms with Gasteiger partial charge in [-0.3, -0.25) is 4.79 Å². The second kappa shape index (κ2) is 5.97. The summed E-state index contributed by atoms with van der Waals surface area (Å²) in [5.74, 6) is -3.01. The standard InChI is InChI=1S/C12H23NO5/c1-3-4-10-12(16,17)9(14)6-8(18-10)5-7(2)11(13)15/h7-10,14,16-17H,3-6H2,1-2H3,(H2,13,15). The summed E-state index contributed by atoms with van der Waals surface area (Å²) in [5.41, 5.74) is 5.18. The Morgan fingerprint density at radius 2 is 2.17 bits per heavy atom. The van der Waals surface area contributed by atoms with E-state index in [1.807, 2.05) is 6.92 Å². The van der Waals surface area contributed by atoms with Crippen LogP contribution in [-0.2, 0) is 9.53 Å². The third-order valence-corrected chi connectivity index (χ3v) is 3.46. The van der Waals surface area contributed by atoms with Gasteiger partial charge < -0.3 is 25.8 Å². The number of hydrogen-bond donors (Lipinski definition) is 4. The van der Waals surface area contributed by atoms with Gasteiger partial charge in [-0.25, -0.2) is 0 Å². The number of amides is 1. The average Bonchev–Trinajstić information content (AvgIpc) is 2.26. The number of primary amides is 1. The molecule has 1 aliphatic heterocycles. The lowest BCUT2D eigenvalue weighted by atomic mass is 9.88. The van der Waals surface area contributed by atoms with Crippen LogP contribution in [0.15, 0.2) is 0 Å². The Labute approximate surface area is 107 Å². The molecule has 0 aromatic heterocycles. The predicted octanol–water partition coefficient (Wildman–Crippen LogP) is -0.503. The van der Waals surface area contributed by atoms with Gasteiger partial charge in [-0.15, -0.1) is 0 Å². The van der Waals surface area contributed by atoms with E-state index in [1.54, 1.807) is 6.92 Å². The molecule has 4 unspecified atom stereocenters. The number of carbonyl (C=O) groups is 1. The van der Waals surface area contributed by atoms with Crippen LogP contribution in [-0.4, -0.2) is 45.3 Å². The summed E-state index contributed by atoms with van der Waals surface area (Å²) in [6.45, 7) is 3.58. The van der Waals surface area contributed by atoms with Gasteiger partial charge in [0.05, 0.1) is 6.10 Å². The highest BCUT2D eigenvalue weighted by molar-refractivity contribution is 5.76. The fraction of sp³-hybridized carbons (Fsp3) is 0.917. The number of hydrogen-bond acceptors (Lipinski definition) is 5. The minimum absolute atomic E-state index is 0.0881. The molecule has 0 aliphatic carbocycles. The van der Waals surface area contributed by atoms with Gasteiger partial charge in [-0.05, 0) is 12.8 Å². The van der Waals surface area contributed by atoms with Crippen molar-refractivity contribution in [1.29, 1.82) is 0 Å². The fourth-order valence-electron chi connectivity index (χ4n) is 2.23. The molecule has 0 aromatic rings. The van der Waals surface area contributed by atoms with E-state index in [0.29, 0.717) is 19.3 Å². The van der Waals surface area contributed by atoms with Crippen molar-refractivity contribution in [2.45, 2.75) is 63.6 Å². The third-order valence-electron chi connectivity index (χ3n) is 3.46. The first-order chi connectivity index (χ1) is 8.28. The molecule has 1 amide bonds. The van der Waals surface area contributed by atoms with Crippen LogP contribution in [0.25, 0.3) is 0 Å². The van der Waals surface area contributed by atoms with E-state index in [4.69, 9.17) is 10.5 Å². The van der Waals surface area contributed by atoms with Gasteiger partial charge in [-0.1, -0.05) is 20.3 Å². The number of carbonyl (C=O) groups excluding carboxylic acids is 1. The maximum atomic E-state index is 11.0. The maximum absolute atomic E-state index is 11.0. The first-order valence-corrected chi connectivity index (χ1v) is 6.36. The van der Waals surface area contributed by atoms with Crippen molar-refractivity contribution >= 4 is 5.91 Å². The number of rotatable bonds is 5. The number of ether oxygens (including phenoxy) is 1. The summed E-state index contributed by atoms with van der Waals surface area (Å²) in [4.78, 5) is 11.0. The van der Waals surface area contributed by atoms with E-state index >= 15 is 0 Å². The first kappa shape index (κ1) is 15.4. The van der Waals surface area contributed by atoms with E-state index in [9.17, 15) is 20.1 Å². The first-order valence-electron chi connectivity index (χ1n) is 6.36. The number of aliphatic hydroxyl groups excluding tert-OH is 1. The van der Waals surface area contributed by atoms with E-state index < -0.39 is 23.9 Å². The molecular weight excluding hydrogens is 238 g/mol. The van der Waals surface area contributed by atoms with Crippen LogP contribution in [0.4, 0.5) is 0 Å². The van der Waals surface area contributed by atoms with Gasteiger partial charge in [0.15, 0.2) is 0 Å². The molecular formula is C12H23NO5. The lowest BCUT2D eigenvalue weighted by Crippen LogP contribution is -2.59. The smallest absolute Gasteiger partial charge is 0.220 e. The van der Waals surface area contributed by atoms with Crippen LogP contribution in [0.3, 0.4) is 0 Å². The molecule has 0 saturated carbocycles. The van der Waals surface area contributed by atoms with E-state index in [-0.39, 0.29) is 18.4 Å². The molecule has 0 radical (unpaired) electrons. The highest BCUT2D eigenvalue weighted by atomic mass is 16.6. The van der Waals surface area contributed by atoms with Crippen LogP contribution in [0.1, 0.15) is 39.5 Å². The monoisotopic (exact) mass is 261 g/mol. The summed E-state index contributed by atoms with van der Waals surface area (Å²) in [5, 5.41) is 29.3. The van der Waals surface area contributed by atoms with Crippen LogP contribution < -0.4 is 5.73 Å². The lowest BCUT2D eigenvalue weighted by molar-refractivity contribution is -0.324. The molecule has 1 fully saturated rings. The Hall–Kier alpha value is -0.690. The van der Waals surface area contributed by atoms with Crippen LogP contribution >= 0.6 is 0 Å². The Bertz CT molecular complexity index is 294. The average molecular weight is 261 g/mol. The zero-order valence-corrected chi connectivity index (χ0v) is 10.9. The molecule has 106 valence electrons. The molecule has 18 heavy (non-hydrogen) atoms. The number of aliphatic hydroxyl groups is 3. The lowest BCUT2D eigenvalue weighted by Gasteiger charge is -2.43. The third kappa shape index (κ3) is 3.41. The van der Waals surface area contributed by atoms with Crippen molar-refractivity contribution in [3.8, 4) is 0 Å². The van der Waals surface area contributed by atoms with E-state index in [0.717, 1.165) is 0 Å². The van der Waals surface area contributed by atoms with E-state index in [2.05, 4.69) is 0 Å². The van der Waals surface area contributed by atoms with Gasteiger partial charge >= 0.3 is 0 Å². The van der Waals surface area contributed by atoms with Gasteiger partial charge in [0.2, 0.25) is 11.7 Å². The van der Waals surface area contributed by atoms with Crippen LogP contribution in [0, 0.1) is 5.92 Å². The molecule has 1 saturated heterocycles.